The Morgan fingerprint density at radius 2 is 2.00 bits per heavy atom. The maximum Gasteiger partial charge on any atom is 0.417 e. The highest BCUT2D eigenvalue weighted by Crippen LogP contribution is 2.37. The first-order valence-corrected chi connectivity index (χ1v) is 5.97. The van der Waals surface area contributed by atoms with Crippen LogP contribution in [0.15, 0.2) is 18.2 Å². The van der Waals surface area contributed by atoms with Crippen molar-refractivity contribution in [3.8, 4) is 11.3 Å². The summed E-state index contributed by atoms with van der Waals surface area (Å²) in [5.74, 6) is -0.864. The Labute approximate surface area is 118 Å². The van der Waals surface area contributed by atoms with E-state index in [2.05, 4.69) is 15.4 Å². The van der Waals surface area contributed by atoms with E-state index >= 15 is 0 Å². The standard InChI is InChI=1S/C10H6F3IN4O/c11-10(12,13)5-3-1-2-4(6(5)14)7-8(9(15)19)17-18-16-7/h1-3H,(H2,15,19)(H,16,17,18). The lowest BCUT2D eigenvalue weighted by atomic mass is 10.1. The van der Waals surface area contributed by atoms with Crippen LogP contribution < -0.4 is 5.73 Å². The van der Waals surface area contributed by atoms with Crippen molar-refractivity contribution in [3.05, 3.63) is 33.0 Å². The molecule has 100 valence electrons. The Morgan fingerprint density at radius 3 is 2.58 bits per heavy atom. The molecule has 0 bridgehead atoms. The highest BCUT2D eigenvalue weighted by molar-refractivity contribution is 14.1. The molecular weight excluding hydrogens is 376 g/mol. The van der Waals surface area contributed by atoms with Crippen LogP contribution in [0, 0.1) is 3.57 Å². The second kappa shape index (κ2) is 4.79. The largest absolute Gasteiger partial charge is 0.417 e. The molecule has 0 saturated carbocycles. The number of nitrogens with zero attached hydrogens (tertiary/aromatic N) is 2. The van der Waals surface area contributed by atoms with Crippen LogP contribution in [-0.4, -0.2) is 21.3 Å². The summed E-state index contributed by atoms with van der Waals surface area (Å²) < 4.78 is 38.3. The van der Waals surface area contributed by atoms with Crippen LogP contribution in [0.3, 0.4) is 0 Å². The summed E-state index contributed by atoms with van der Waals surface area (Å²) in [5.41, 5.74) is 4.24. The van der Waals surface area contributed by atoms with Crippen molar-refractivity contribution in [3.63, 3.8) is 0 Å². The van der Waals surface area contributed by atoms with Crippen molar-refractivity contribution in [2.75, 3.05) is 0 Å². The van der Waals surface area contributed by atoms with Gasteiger partial charge in [-0.1, -0.05) is 12.1 Å². The van der Waals surface area contributed by atoms with Crippen LogP contribution in [0.2, 0.25) is 0 Å². The first kappa shape index (κ1) is 13.8. The molecule has 0 atom stereocenters. The summed E-state index contributed by atoms with van der Waals surface area (Å²) in [5, 5.41) is 9.39. The van der Waals surface area contributed by atoms with Gasteiger partial charge in [0.2, 0.25) is 0 Å². The summed E-state index contributed by atoms with van der Waals surface area (Å²) in [4.78, 5) is 11.1. The van der Waals surface area contributed by atoms with Crippen molar-refractivity contribution in [1.82, 2.24) is 15.4 Å². The van der Waals surface area contributed by atoms with E-state index in [9.17, 15) is 18.0 Å². The minimum atomic E-state index is -4.48. The monoisotopic (exact) mass is 382 g/mol. The predicted molar refractivity (Wildman–Crippen MR) is 68.1 cm³/mol. The van der Waals surface area contributed by atoms with Gasteiger partial charge < -0.3 is 5.73 Å². The summed E-state index contributed by atoms with van der Waals surface area (Å²) in [6, 6.07) is 3.61. The molecule has 2 aromatic rings. The quantitative estimate of drug-likeness (QED) is 0.782. The van der Waals surface area contributed by atoms with Crippen LogP contribution in [0.5, 0.6) is 0 Å². The number of nitrogens with one attached hydrogen (secondary N) is 1. The number of carbonyl (C=O) groups is 1. The fourth-order valence-electron chi connectivity index (χ4n) is 1.52. The van der Waals surface area contributed by atoms with Gasteiger partial charge in [0, 0.05) is 9.13 Å². The molecule has 0 radical (unpaired) electrons. The molecular formula is C10H6F3IN4O. The number of nitrogens with two attached hydrogens (primary N) is 1. The van der Waals surface area contributed by atoms with Gasteiger partial charge in [-0.15, -0.1) is 0 Å². The summed E-state index contributed by atoms with van der Waals surface area (Å²) >= 11 is 1.55. The number of H-pyrrole nitrogens is 1. The van der Waals surface area contributed by atoms with Crippen LogP contribution in [0.4, 0.5) is 13.2 Å². The van der Waals surface area contributed by atoms with Gasteiger partial charge >= 0.3 is 6.18 Å². The fraction of sp³-hybridized carbons (Fsp3) is 0.100. The van der Waals surface area contributed by atoms with E-state index < -0.39 is 17.6 Å². The van der Waals surface area contributed by atoms with Crippen LogP contribution in [-0.2, 0) is 6.18 Å². The van der Waals surface area contributed by atoms with E-state index in [0.29, 0.717) is 0 Å². The number of halogens is 4. The molecule has 0 aliphatic carbocycles. The van der Waals surface area contributed by atoms with E-state index in [4.69, 9.17) is 5.73 Å². The van der Waals surface area contributed by atoms with Gasteiger partial charge in [0.25, 0.3) is 5.91 Å². The molecule has 1 aromatic carbocycles. The molecule has 2 rings (SSSR count). The number of primary amides is 1. The normalized spacial score (nSPS) is 11.6. The molecule has 5 nitrogen and oxygen atoms in total. The molecule has 0 spiro atoms. The zero-order chi connectivity index (χ0) is 14.2. The molecule has 9 heteroatoms. The third-order valence-corrected chi connectivity index (χ3v) is 3.50. The average molecular weight is 382 g/mol. The number of carbonyl (C=O) groups excluding carboxylic acids is 1. The van der Waals surface area contributed by atoms with Gasteiger partial charge in [-0.25, -0.2) is 0 Å². The van der Waals surface area contributed by atoms with E-state index in [1.165, 1.54) is 12.1 Å². The third-order valence-electron chi connectivity index (χ3n) is 2.34. The number of aromatic nitrogens is 3. The molecule has 1 aromatic heterocycles. The molecule has 0 fully saturated rings. The Bertz CT molecular complexity index is 638. The summed E-state index contributed by atoms with van der Waals surface area (Å²) in [7, 11) is 0. The minimum absolute atomic E-state index is 0.00278. The molecule has 1 heterocycles. The Hall–Kier alpha value is -1.65. The second-order valence-electron chi connectivity index (χ2n) is 3.55. The smallest absolute Gasteiger partial charge is 0.364 e. The van der Waals surface area contributed by atoms with E-state index in [1.54, 1.807) is 22.6 Å². The number of aromatic amines is 1. The van der Waals surface area contributed by atoms with Gasteiger partial charge in [-0.3, -0.25) is 4.79 Å². The highest BCUT2D eigenvalue weighted by atomic mass is 127. The van der Waals surface area contributed by atoms with Crippen LogP contribution in [0.25, 0.3) is 11.3 Å². The Morgan fingerprint density at radius 1 is 1.32 bits per heavy atom. The first-order chi connectivity index (χ1) is 8.82. The van der Waals surface area contributed by atoms with Crippen molar-refractivity contribution in [1.29, 1.82) is 0 Å². The molecule has 0 aliphatic heterocycles. The van der Waals surface area contributed by atoms with E-state index in [0.717, 1.165) is 6.07 Å². The van der Waals surface area contributed by atoms with Crippen molar-refractivity contribution in [2.45, 2.75) is 6.18 Å². The van der Waals surface area contributed by atoms with Gasteiger partial charge in [0.05, 0.1) is 5.56 Å². The lowest BCUT2D eigenvalue weighted by molar-refractivity contribution is -0.138. The maximum atomic E-state index is 12.8. The maximum absolute atomic E-state index is 12.8. The Kier molecular flexibility index (Phi) is 3.47. The number of rotatable bonds is 2. The molecule has 0 aliphatic rings. The first-order valence-electron chi connectivity index (χ1n) is 4.89. The highest BCUT2D eigenvalue weighted by Gasteiger charge is 2.34. The number of benzene rings is 1. The molecule has 0 saturated heterocycles. The number of amides is 1. The summed E-state index contributed by atoms with van der Waals surface area (Å²) in [6.07, 6.45) is -4.48. The topological polar surface area (TPSA) is 84.7 Å². The zero-order valence-electron chi connectivity index (χ0n) is 9.12. The van der Waals surface area contributed by atoms with Gasteiger partial charge in [0.1, 0.15) is 5.69 Å². The zero-order valence-corrected chi connectivity index (χ0v) is 11.3. The number of hydrogen-bond donors (Lipinski definition) is 2. The number of alkyl halides is 3. The van der Waals surface area contributed by atoms with Gasteiger partial charge in [-0.2, -0.15) is 28.6 Å². The molecule has 19 heavy (non-hydrogen) atoms. The number of hydrogen-bond acceptors (Lipinski definition) is 3. The van der Waals surface area contributed by atoms with Gasteiger partial charge in [0.15, 0.2) is 5.69 Å². The fourth-order valence-corrected chi connectivity index (χ4v) is 2.45. The SMILES string of the molecule is NC(=O)c1n[nH]nc1-c1cccc(C(F)(F)F)c1I. The molecule has 0 unspecified atom stereocenters. The lowest BCUT2D eigenvalue weighted by Crippen LogP contribution is -2.13. The van der Waals surface area contributed by atoms with Crippen molar-refractivity contribution < 1.29 is 18.0 Å². The molecule has 1 amide bonds. The van der Waals surface area contributed by atoms with Crippen LogP contribution in [0.1, 0.15) is 16.1 Å². The van der Waals surface area contributed by atoms with Gasteiger partial charge in [-0.05, 0) is 28.7 Å². The van der Waals surface area contributed by atoms with E-state index in [-0.39, 0.29) is 20.5 Å². The van der Waals surface area contributed by atoms with Crippen molar-refractivity contribution >= 4 is 28.5 Å². The molecule has 3 N–H and O–H groups in total. The summed E-state index contributed by atoms with van der Waals surface area (Å²) in [6.45, 7) is 0. The van der Waals surface area contributed by atoms with E-state index in [1.807, 2.05) is 0 Å². The average Bonchev–Trinajstić information content (AvgIpc) is 2.76. The Balaban J connectivity index is 2.64. The van der Waals surface area contributed by atoms with Crippen molar-refractivity contribution in [2.24, 2.45) is 5.73 Å². The van der Waals surface area contributed by atoms with Crippen LogP contribution >= 0.6 is 22.6 Å². The third kappa shape index (κ3) is 2.55. The predicted octanol–water partition coefficient (Wildman–Crippen LogP) is 2.19. The second-order valence-corrected chi connectivity index (χ2v) is 4.63. The lowest BCUT2D eigenvalue weighted by Gasteiger charge is -2.11. The minimum Gasteiger partial charge on any atom is -0.364 e.